The van der Waals surface area contributed by atoms with Crippen LogP contribution in [-0.4, -0.2) is 21.1 Å². The molecule has 0 bridgehead atoms. The number of nitro benzene ring substituents is 1. The minimum atomic E-state index is -0.771. The zero-order valence-corrected chi connectivity index (χ0v) is 9.78. The Labute approximate surface area is 106 Å². The van der Waals surface area contributed by atoms with E-state index in [0.29, 0.717) is 5.76 Å². The molecule has 0 radical (unpaired) electrons. The molecule has 2 aromatic rings. The minimum Gasteiger partial charge on any atom is -0.502 e. The van der Waals surface area contributed by atoms with E-state index in [4.69, 9.17) is 4.52 Å². The third kappa shape index (κ3) is 2.51. The number of nitro groups is 1. The molecule has 2 rings (SSSR count). The second kappa shape index (κ2) is 4.77. The molecule has 0 atom stereocenters. The van der Waals surface area contributed by atoms with Crippen LogP contribution in [0.1, 0.15) is 16.1 Å². The van der Waals surface area contributed by atoms with Gasteiger partial charge < -0.3 is 14.9 Å². The number of hydrogen-bond acceptors (Lipinski definition) is 6. The van der Waals surface area contributed by atoms with Gasteiger partial charge in [-0.15, -0.1) is 0 Å². The van der Waals surface area contributed by atoms with Crippen LogP contribution in [-0.2, 0) is 0 Å². The monoisotopic (exact) mass is 263 g/mol. The zero-order valence-electron chi connectivity index (χ0n) is 9.78. The Morgan fingerprint density at radius 1 is 1.53 bits per heavy atom. The third-order valence-electron chi connectivity index (χ3n) is 2.33. The van der Waals surface area contributed by atoms with E-state index in [1.807, 2.05) is 0 Å². The SMILES string of the molecule is Cc1cc(NC(=O)c2cccc([N+](=O)[O-])c2O)no1. The number of nitrogens with zero attached hydrogens (tertiary/aromatic N) is 2. The van der Waals surface area contributed by atoms with Crippen molar-refractivity contribution in [3.63, 3.8) is 0 Å². The highest BCUT2D eigenvalue weighted by molar-refractivity contribution is 6.06. The van der Waals surface area contributed by atoms with Gasteiger partial charge >= 0.3 is 5.69 Å². The van der Waals surface area contributed by atoms with E-state index in [1.54, 1.807) is 6.92 Å². The number of benzene rings is 1. The first kappa shape index (κ1) is 12.6. The lowest BCUT2D eigenvalue weighted by Crippen LogP contribution is -2.12. The molecular formula is C11H9N3O5. The number of aryl methyl sites for hydroxylation is 1. The summed E-state index contributed by atoms with van der Waals surface area (Å²) in [6.07, 6.45) is 0. The summed E-state index contributed by atoms with van der Waals surface area (Å²) in [6, 6.07) is 5.16. The van der Waals surface area contributed by atoms with E-state index in [0.717, 1.165) is 6.07 Å². The number of anilines is 1. The smallest absolute Gasteiger partial charge is 0.311 e. The molecule has 0 aliphatic rings. The lowest BCUT2D eigenvalue weighted by atomic mass is 10.1. The predicted molar refractivity (Wildman–Crippen MR) is 64.0 cm³/mol. The molecule has 98 valence electrons. The molecule has 1 aromatic carbocycles. The van der Waals surface area contributed by atoms with Crippen LogP contribution in [0.3, 0.4) is 0 Å². The molecule has 0 spiro atoms. The van der Waals surface area contributed by atoms with Crippen molar-refractivity contribution in [2.45, 2.75) is 6.92 Å². The first-order valence-electron chi connectivity index (χ1n) is 5.20. The fourth-order valence-electron chi connectivity index (χ4n) is 1.47. The molecule has 0 aliphatic carbocycles. The largest absolute Gasteiger partial charge is 0.502 e. The summed E-state index contributed by atoms with van der Waals surface area (Å²) in [7, 11) is 0. The van der Waals surface area contributed by atoms with Crippen LogP contribution in [0.5, 0.6) is 5.75 Å². The number of aromatic nitrogens is 1. The van der Waals surface area contributed by atoms with Gasteiger partial charge in [-0.05, 0) is 13.0 Å². The maximum absolute atomic E-state index is 11.8. The maximum Gasteiger partial charge on any atom is 0.311 e. The Kier molecular flexibility index (Phi) is 3.15. The second-order valence-electron chi connectivity index (χ2n) is 3.71. The number of carbonyl (C=O) groups is 1. The minimum absolute atomic E-state index is 0.161. The van der Waals surface area contributed by atoms with Gasteiger partial charge in [-0.2, -0.15) is 0 Å². The molecule has 1 heterocycles. The average Bonchev–Trinajstić information content (AvgIpc) is 2.74. The fourth-order valence-corrected chi connectivity index (χ4v) is 1.47. The number of para-hydroxylation sites is 1. The van der Waals surface area contributed by atoms with Crippen LogP contribution in [0.15, 0.2) is 28.8 Å². The Morgan fingerprint density at radius 3 is 2.84 bits per heavy atom. The number of aromatic hydroxyl groups is 1. The van der Waals surface area contributed by atoms with Gasteiger partial charge in [0.1, 0.15) is 5.76 Å². The van der Waals surface area contributed by atoms with E-state index in [1.165, 1.54) is 18.2 Å². The van der Waals surface area contributed by atoms with Crippen molar-refractivity contribution in [1.29, 1.82) is 0 Å². The van der Waals surface area contributed by atoms with E-state index >= 15 is 0 Å². The van der Waals surface area contributed by atoms with Gasteiger partial charge in [-0.1, -0.05) is 11.2 Å². The van der Waals surface area contributed by atoms with E-state index < -0.39 is 22.3 Å². The Hall–Kier alpha value is -2.90. The molecule has 0 saturated carbocycles. The summed E-state index contributed by atoms with van der Waals surface area (Å²) >= 11 is 0. The maximum atomic E-state index is 11.8. The molecular weight excluding hydrogens is 254 g/mol. The first-order chi connectivity index (χ1) is 8.99. The summed E-state index contributed by atoms with van der Waals surface area (Å²) in [5, 5.41) is 26.2. The Bertz CT molecular complexity index is 650. The van der Waals surface area contributed by atoms with Gasteiger partial charge in [0, 0.05) is 12.1 Å². The predicted octanol–water partition coefficient (Wildman–Crippen LogP) is 1.85. The first-order valence-corrected chi connectivity index (χ1v) is 5.20. The highest BCUT2D eigenvalue weighted by Crippen LogP contribution is 2.29. The second-order valence-corrected chi connectivity index (χ2v) is 3.71. The molecule has 1 amide bonds. The normalized spacial score (nSPS) is 10.2. The van der Waals surface area contributed by atoms with Crippen LogP contribution in [0, 0.1) is 17.0 Å². The van der Waals surface area contributed by atoms with Crippen molar-refractivity contribution in [3.8, 4) is 5.75 Å². The molecule has 19 heavy (non-hydrogen) atoms. The lowest BCUT2D eigenvalue weighted by Gasteiger charge is -2.04. The molecule has 0 unspecified atom stereocenters. The van der Waals surface area contributed by atoms with Crippen molar-refractivity contribution in [2.24, 2.45) is 0 Å². The van der Waals surface area contributed by atoms with Crippen molar-refractivity contribution in [1.82, 2.24) is 5.16 Å². The fraction of sp³-hybridized carbons (Fsp3) is 0.0909. The summed E-state index contributed by atoms with van der Waals surface area (Å²) in [6.45, 7) is 1.65. The number of nitrogens with one attached hydrogen (secondary N) is 1. The summed E-state index contributed by atoms with van der Waals surface area (Å²) in [4.78, 5) is 21.7. The molecule has 0 aliphatic heterocycles. The summed E-state index contributed by atoms with van der Waals surface area (Å²) < 4.78 is 4.76. The van der Waals surface area contributed by atoms with Gasteiger partial charge in [0.15, 0.2) is 5.82 Å². The third-order valence-corrected chi connectivity index (χ3v) is 2.33. The Morgan fingerprint density at radius 2 is 2.26 bits per heavy atom. The van der Waals surface area contributed by atoms with Crippen LogP contribution in [0.4, 0.5) is 11.5 Å². The number of rotatable bonds is 3. The highest BCUT2D eigenvalue weighted by Gasteiger charge is 2.21. The van der Waals surface area contributed by atoms with E-state index in [-0.39, 0.29) is 11.4 Å². The number of amides is 1. The lowest BCUT2D eigenvalue weighted by molar-refractivity contribution is -0.385. The molecule has 2 N–H and O–H groups in total. The number of phenolic OH excluding ortho intramolecular Hbond substituents is 1. The van der Waals surface area contributed by atoms with Crippen molar-refractivity contribution >= 4 is 17.4 Å². The number of phenols is 1. The number of carbonyl (C=O) groups excluding carboxylic acids is 1. The van der Waals surface area contributed by atoms with Gasteiger partial charge in [-0.25, -0.2) is 0 Å². The van der Waals surface area contributed by atoms with Gasteiger partial charge in [0.2, 0.25) is 5.75 Å². The van der Waals surface area contributed by atoms with Crippen LogP contribution in [0.25, 0.3) is 0 Å². The van der Waals surface area contributed by atoms with Crippen LogP contribution < -0.4 is 5.32 Å². The molecule has 8 nitrogen and oxygen atoms in total. The molecule has 0 saturated heterocycles. The van der Waals surface area contributed by atoms with Crippen molar-refractivity contribution < 1.29 is 19.3 Å². The van der Waals surface area contributed by atoms with Crippen molar-refractivity contribution in [2.75, 3.05) is 5.32 Å². The average molecular weight is 263 g/mol. The van der Waals surface area contributed by atoms with Gasteiger partial charge in [0.05, 0.1) is 10.5 Å². The van der Waals surface area contributed by atoms with Gasteiger partial charge in [0.25, 0.3) is 5.91 Å². The standard InChI is InChI=1S/C11H9N3O5/c1-6-5-9(13-19-6)12-11(16)7-3-2-4-8(10(7)15)14(17)18/h2-5,15H,1H3,(H,12,13,16). The molecule has 1 aromatic heterocycles. The van der Waals surface area contributed by atoms with Crippen LogP contribution >= 0.6 is 0 Å². The van der Waals surface area contributed by atoms with Gasteiger partial charge in [-0.3, -0.25) is 14.9 Å². The summed E-state index contributed by atoms with van der Waals surface area (Å²) in [5.41, 5.74) is -0.751. The molecule has 0 fully saturated rings. The number of hydrogen-bond donors (Lipinski definition) is 2. The molecule has 8 heteroatoms. The van der Waals surface area contributed by atoms with E-state index in [9.17, 15) is 20.0 Å². The zero-order chi connectivity index (χ0) is 14.0. The quantitative estimate of drug-likeness (QED) is 0.644. The van der Waals surface area contributed by atoms with Crippen molar-refractivity contribution in [3.05, 3.63) is 45.7 Å². The summed E-state index contributed by atoms with van der Waals surface area (Å²) in [5.74, 6) is -0.744. The Balaban J connectivity index is 2.29. The van der Waals surface area contributed by atoms with Crippen LogP contribution in [0.2, 0.25) is 0 Å². The highest BCUT2D eigenvalue weighted by atomic mass is 16.6. The topological polar surface area (TPSA) is 118 Å². The van der Waals surface area contributed by atoms with E-state index in [2.05, 4.69) is 10.5 Å².